The van der Waals surface area contributed by atoms with Gasteiger partial charge in [0, 0.05) is 19.0 Å². The van der Waals surface area contributed by atoms with Crippen LogP contribution < -0.4 is 10.6 Å². The van der Waals surface area contributed by atoms with E-state index >= 15 is 0 Å². The molecular weight excluding hydrogens is 278 g/mol. The SMILES string of the molecule is O=C1CCc2cc(NCCOCCO)c([N+](=O)[O-])cc2N1. The summed E-state index contributed by atoms with van der Waals surface area (Å²) >= 11 is 0. The lowest BCUT2D eigenvalue weighted by Gasteiger charge is -2.18. The van der Waals surface area contributed by atoms with Crippen LogP contribution in [-0.4, -0.2) is 42.3 Å². The van der Waals surface area contributed by atoms with Crippen molar-refractivity contribution in [3.05, 3.63) is 27.8 Å². The molecule has 0 bridgehead atoms. The Balaban J connectivity index is 2.12. The van der Waals surface area contributed by atoms with Crippen molar-refractivity contribution in [2.45, 2.75) is 12.8 Å². The van der Waals surface area contributed by atoms with Crippen LogP contribution in [0, 0.1) is 10.1 Å². The molecule has 0 aliphatic carbocycles. The predicted octanol–water partition coefficient (Wildman–Crippen LogP) is 0.900. The molecule has 0 radical (unpaired) electrons. The van der Waals surface area contributed by atoms with Crippen molar-refractivity contribution in [2.24, 2.45) is 0 Å². The van der Waals surface area contributed by atoms with E-state index < -0.39 is 4.92 Å². The zero-order chi connectivity index (χ0) is 15.2. The maximum atomic E-state index is 11.3. The van der Waals surface area contributed by atoms with Crippen molar-refractivity contribution < 1.29 is 19.6 Å². The van der Waals surface area contributed by atoms with E-state index in [0.29, 0.717) is 37.4 Å². The maximum absolute atomic E-state index is 11.3. The van der Waals surface area contributed by atoms with Gasteiger partial charge in [0.1, 0.15) is 5.69 Å². The third-order valence-electron chi connectivity index (χ3n) is 3.11. The van der Waals surface area contributed by atoms with E-state index in [1.54, 1.807) is 6.07 Å². The second kappa shape index (κ2) is 7.00. The molecule has 0 spiro atoms. The van der Waals surface area contributed by atoms with Gasteiger partial charge < -0.3 is 20.5 Å². The first kappa shape index (κ1) is 15.2. The second-order valence-electron chi connectivity index (χ2n) is 4.59. The van der Waals surface area contributed by atoms with E-state index in [-0.39, 0.29) is 24.8 Å². The van der Waals surface area contributed by atoms with Crippen molar-refractivity contribution in [3.8, 4) is 0 Å². The fraction of sp³-hybridized carbons (Fsp3) is 0.462. The van der Waals surface area contributed by atoms with Crippen LogP contribution >= 0.6 is 0 Å². The Hall–Kier alpha value is -2.19. The molecular formula is C13H17N3O5. The third-order valence-corrected chi connectivity index (χ3v) is 3.11. The largest absolute Gasteiger partial charge is 0.394 e. The molecule has 114 valence electrons. The summed E-state index contributed by atoms with van der Waals surface area (Å²) in [5.41, 5.74) is 1.69. The first-order valence-electron chi connectivity index (χ1n) is 6.65. The quantitative estimate of drug-likeness (QED) is 0.391. The number of carbonyl (C=O) groups excluding carboxylic acids is 1. The number of nitrogens with zero attached hydrogens (tertiary/aromatic N) is 1. The van der Waals surface area contributed by atoms with Crippen LogP contribution in [-0.2, 0) is 16.0 Å². The van der Waals surface area contributed by atoms with Crippen LogP contribution in [0.15, 0.2) is 12.1 Å². The molecule has 1 amide bonds. The molecule has 8 nitrogen and oxygen atoms in total. The molecule has 0 saturated heterocycles. The van der Waals surface area contributed by atoms with E-state index in [0.717, 1.165) is 5.56 Å². The highest BCUT2D eigenvalue weighted by Gasteiger charge is 2.22. The summed E-state index contributed by atoms with van der Waals surface area (Å²) in [6, 6.07) is 3.07. The lowest BCUT2D eigenvalue weighted by Crippen LogP contribution is -2.20. The molecule has 21 heavy (non-hydrogen) atoms. The van der Waals surface area contributed by atoms with Crippen LogP contribution in [0.2, 0.25) is 0 Å². The number of ether oxygens (including phenoxy) is 1. The number of aliphatic hydroxyl groups excluding tert-OH is 1. The minimum absolute atomic E-state index is 0.0569. The molecule has 1 aromatic carbocycles. The average Bonchev–Trinajstić information content (AvgIpc) is 2.46. The van der Waals surface area contributed by atoms with E-state index in [1.807, 2.05) is 0 Å². The highest BCUT2D eigenvalue weighted by Crippen LogP contribution is 2.33. The molecule has 3 N–H and O–H groups in total. The highest BCUT2D eigenvalue weighted by atomic mass is 16.6. The summed E-state index contributed by atoms with van der Waals surface area (Å²) in [5.74, 6) is -0.130. The van der Waals surface area contributed by atoms with E-state index in [4.69, 9.17) is 9.84 Å². The van der Waals surface area contributed by atoms with Crippen LogP contribution in [0.4, 0.5) is 17.1 Å². The smallest absolute Gasteiger partial charge is 0.294 e. The number of benzene rings is 1. The number of fused-ring (bicyclic) bond motifs is 1. The Kier molecular flexibility index (Phi) is 5.07. The molecule has 1 aliphatic heterocycles. The van der Waals surface area contributed by atoms with Crippen molar-refractivity contribution in [3.63, 3.8) is 0 Å². The van der Waals surface area contributed by atoms with Gasteiger partial charge in [-0.05, 0) is 18.1 Å². The van der Waals surface area contributed by atoms with Gasteiger partial charge in [-0.2, -0.15) is 0 Å². The van der Waals surface area contributed by atoms with Gasteiger partial charge in [-0.15, -0.1) is 0 Å². The molecule has 1 aliphatic rings. The Morgan fingerprint density at radius 1 is 1.38 bits per heavy atom. The fourth-order valence-corrected chi connectivity index (χ4v) is 2.13. The van der Waals surface area contributed by atoms with Gasteiger partial charge in [-0.1, -0.05) is 0 Å². The molecule has 0 unspecified atom stereocenters. The summed E-state index contributed by atoms with van der Waals surface area (Å²) in [6.07, 6.45) is 0.943. The summed E-state index contributed by atoms with van der Waals surface area (Å²) in [7, 11) is 0. The molecule has 0 aromatic heterocycles. The first-order chi connectivity index (χ1) is 10.1. The lowest BCUT2D eigenvalue weighted by molar-refractivity contribution is -0.383. The van der Waals surface area contributed by atoms with E-state index in [2.05, 4.69) is 10.6 Å². The van der Waals surface area contributed by atoms with Crippen LogP contribution in [0.25, 0.3) is 0 Å². The monoisotopic (exact) mass is 295 g/mol. The Bertz CT molecular complexity index is 547. The number of carbonyl (C=O) groups is 1. The molecule has 0 fully saturated rings. The second-order valence-corrected chi connectivity index (χ2v) is 4.59. The number of aryl methyl sites for hydroxylation is 1. The zero-order valence-electron chi connectivity index (χ0n) is 11.4. The molecule has 0 saturated carbocycles. The van der Waals surface area contributed by atoms with Gasteiger partial charge in [0.05, 0.1) is 30.4 Å². The molecule has 0 atom stereocenters. The van der Waals surface area contributed by atoms with Crippen molar-refractivity contribution in [2.75, 3.05) is 37.0 Å². The van der Waals surface area contributed by atoms with E-state index in [9.17, 15) is 14.9 Å². The van der Waals surface area contributed by atoms with Gasteiger partial charge >= 0.3 is 0 Å². The lowest BCUT2D eigenvalue weighted by atomic mass is 10.0. The standard InChI is InChI=1S/C13H17N3O5/c17-4-6-21-5-3-14-11-7-9-1-2-13(18)15-10(9)8-12(11)16(19)20/h7-8,14,17H,1-6H2,(H,15,18). The average molecular weight is 295 g/mol. The summed E-state index contributed by atoms with van der Waals surface area (Å²) < 4.78 is 5.09. The molecule has 8 heteroatoms. The summed E-state index contributed by atoms with van der Waals surface area (Å²) in [6.45, 7) is 0.913. The van der Waals surface area contributed by atoms with Crippen LogP contribution in [0.3, 0.4) is 0 Å². The van der Waals surface area contributed by atoms with Crippen molar-refractivity contribution in [1.82, 2.24) is 0 Å². The number of aliphatic hydroxyl groups is 1. The fourth-order valence-electron chi connectivity index (χ4n) is 2.13. The number of amides is 1. The number of anilines is 2. The van der Waals surface area contributed by atoms with Crippen LogP contribution in [0.5, 0.6) is 0 Å². The Morgan fingerprint density at radius 3 is 2.90 bits per heavy atom. The minimum Gasteiger partial charge on any atom is -0.394 e. The normalized spacial score (nSPS) is 13.5. The zero-order valence-corrected chi connectivity index (χ0v) is 11.4. The first-order valence-corrected chi connectivity index (χ1v) is 6.65. The van der Waals surface area contributed by atoms with Crippen LogP contribution in [0.1, 0.15) is 12.0 Å². The van der Waals surface area contributed by atoms with Crippen molar-refractivity contribution in [1.29, 1.82) is 0 Å². The third kappa shape index (κ3) is 3.89. The Labute approximate surface area is 121 Å². The number of nitro groups is 1. The minimum atomic E-state index is -0.488. The van der Waals surface area contributed by atoms with Gasteiger partial charge in [-0.3, -0.25) is 14.9 Å². The summed E-state index contributed by atoms with van der Waals surface area (Å²) in [4.78, 5) is 22.0. The van der Waals surface area contributed by atoms with E-state index in [1.165, 1.54) is 6.07 Å². The van der Waals surface area contributed by atoms with Gasteiger partial charge in [-0.25, -0.2) is 0 Å². The predicted molar refractivity (Wildman–Crippen MR) is 76.4 cm³/mol. The topological polar surface area (TPSA) is 114 Å². The molecule has 2 rings (SSSR count). The van der Waals surface area contributed by atoms with Gasteiger partial charge in [0.15, 0.2) is 0 Å². The van der Waals surface area contributed by atoms with Gasteiger partial charge in [0.25, 0.3) is 5.69 Å². The molecule has 1 aromatic rings. The highest BCUT2D eigenvalue weighted by molar-refractivity contribution is 5.95. The summed E-state index contributed by atoms with van der Waals surface area (Å²) in [5, 5.41) is 25.3. The Morgan fingerprint density at radius 2 is 2.19 bits per heavy atom. The number of nitrogens with one attached hydrogen (secondary N) is 2. The number of hydrogen-bond donors (Lipinski definition) is 3. The number of hydrogen-bond acceptors (Lipinski definition) is 6. The number of nitro benzene ring substituents is 1. The number of rotatable bonds is 7. The molecule has 1 heterocycles. The van der Waals surface area contributed by atoms with Gasteiger partial charge in [0.2, 0.25) is 5.91 Å². The maximum Gasteiger partial charge on any atom is 0.294 e. The van der Waals surface area contributed by atoms with Crippen molar-refractivity contribution >= 4 is 23.0 Å².